The van der Waals surface area contributed by atoms with E-state index >= 15 is 0 Å². The van der Waals surface area contributed by atoms with Crippen molar-refractivity contribution in [2.24, 2.45) is 5.41 Å². The first-order valence-electron chi connectivity index (χ1n) is 9.58. The van der Waals surface area contributed by atoms with Gasteiger partial charge in [0.2, 0.25) is 0 Å². The van der Waals surface area contributed by atoms with E-state index in [0.29, 0.717) is 33.0 Å². The molecule has 2 aromatic rings. The maximum atomic E-state index is 11.6. The molecule has 0 spiro atoms. The van der Waals surface area contributed by atoms with Gasteiger partial charge >= 0.3 is 5.97 Å². The van der Waals surface area contributed by atoms with Gasteiger partial charge in [0.05, 0.1) is 31.8 Å². The lowest BCUT2D eigenvalue weighted by Crippen LogP contribution is -2.24. The lowest BCUT2D eigenvalue weighted by molar-refractivity contribution is -0.154. The molecule has 0 aliphatic carbocycles. The van der Waals surface area contributed by atoms with Gasteiger partial charge in [-0.05, 0) is 44.0 Å². The Morgan fingerprint density at radius 2 is 1.36 bits per heavy atom. The molecule has 0 saturated carbocycles. The summed E-state index contributed by atoms with van der Waals surface area (Å²) in [6, 6.07) is 18.2. The SMILES string of the molecule is CC(C)(C)C(=O)OCCOCCOCCOc1cccc(-c2ccccc2)c1. The van der Waals surface area contributed by atoms with Crippen LogP contribution >= 0.6 is 0 Å². The van der Waals surface area contributed by atoms with E-state index in [1.165, 1.54) is 0 Å². The maximum Gasteiger partial charge on any atom is 0.311 e. The van der Waals surface area contributed by atoms with Crippen LogP contribution in [0.2, 0.25) is 0 Å². The summed E-state index contributed by atoms with van der Waals surface area (Å²) < 4.78 is 21.7. The number of hydrogen-bond acceptors (Lipinski definition) is 5. The first-order chi connectivity index (χ1) is 13.5. The molecule has 0 aliphatic heterocycles. The fraction of sp³-hybridized carbons (Fsp3) is 0.435. The number of carbonyl (C=O) groups is 1. The molecule has 0 aromatic heterocycles. The summed E-state index contributed by atoms with van der Waals surface area (Å²) in [6.45, 7) is 7.99. The molecule has 0 bridgehead atoms. The van der Waals surface area contributed by atoms with Crippen molar-refractivity contribution in [3.05, 3.63) is 54.6 Å². The Morgan fingerprint density at radius 1 is 0.750 bits per heavy atom. The third-order valence-electron chi connectivity index (χ3n) is 3.88. The van der Waals surface area contributed by atoms with Crippen molar-refractivity contribution in [2.75, 3.05) is 39.6 Å². The van der Waals surface area contributed by atoms with Crippen molar-refractivity contribution in [1.29, 1.82) is 0 Å². The van der Waals surface area contributed by atoms with Crippen LogP contribution in [0.5, 0.6) is 5.75 Å². The number of hydrogen-bond donors (Lipinski definition) is 0. The van der Waals surface area contributed by atoms with Crippen molar-refractivity contribution in [3.63, 3.8) is 0 Å². The second-order valence-corrected chi connectivity index (χ2v) is 7.35. The fourth-order valence-electron chi connectivity index (χ4n) is 2.35. The highest BCUT2D eigenvalue weighted by Crippen LogP contribution is 2.23. The van der Waals surface area contributed by atoms with Crippen molar-refractivity contribution in [1.82, 2.24) is 0 Å². The molecule has 152 valence electrons. The topological polar surface area (TPSA) is 54.0 Å². The Hall–Kier alpha value is -2.37. The molecule has 28 heavy (non-hydrogen) atoms. The highest BCUT2D eigenvalue weighted by molar-refractivity contribution is 5.75. The van der Waals surface area contributed by atoms with E-state index in [1.807, 2.05) is 57.2 Å². The molecule has 0 radical (unpaired) electrons. The van der Waals surface area contributed by atoms with Gasteiger partial charge in [0.15, 0.2) is 0 Å². The molecule has 0 unspecified atom stereocenters. The largest absolute Gasteiger partial charge is 0.491 e. The molecule has 0 heterocycles. The first-order valence-corrected chi connectivity index (χ1v) is 9.58. The van der Waals surface area contributed by atoms with E-state index in [-0.39, 0.29) is 12.6 Å². The van der Waals surface area contributed by atoms with Crippen molar-refractivity contribution in [2.45, 2.75) is 20.8 Å². The molecular formula is C23H30O5. The Morgan fingerprint density at radius 3 is 2.04 bits per heavy atom. The lowest BCUT2D eigenvalue weighted by Gasteiger charge is -2.16. The van der Waals surface area contributed by atoms with Gasteiger partial charge in [-0.15, -0.1) is 0 Å². The van der Waals surface area contributed by atoms with Crippen LogP contribution in [0.15, 0.2) is 54.6 Å². The average molecular weight is 386 g/mol. The van der Waals surface area contributed by atoms with Crippen LogP contribution in [0, 0.1) is 5.41 Å². The molecular weight excluding hydrogens is 356 g/mol. The van der Waals surface area contributed by atoms with E-state index in [0.717, 1.165) is 16.9 Å². The van der Waals surface area contributed by atoms with Crippen LogP contribution in [0.1, 0.15) is 20.8 Å². The highest BCUT2D eigenvalue weighted by Gasteiger charge is 2.22. The summed E-state index contributed by atoms with van der Waals surface area (Å²) in [6.07, 6.45) is 0. The van der Waals surface area contributed by atoms with E-state index in [2.05, 4.69) is 18.2 Å². The molecule has 0 atom stereocenters. The number of esters is 1. The molecule has 0 amide bonds. The zero-order valence-corrected chi connectivity index (χ0v) is 17.0. The van der Waals surface area contributed by atoms with Crippen LogP contribution in [-0.4, -0.2) is 45.6 Å². The minimum atomic E-state index is -0.482. The second kappa shape index (κ2) is 11.5. The molecule has 5 heteroatoms. The third kappa shape index (κ3) is 8.11. The average Bonchev–Trinajstić information content (AvgIpc) is 2.69. The Balaban J connectivity index is 1.53. The van der Waals surface area contributed by atoms with Gasteiger partial charge in [0.1, 0.15) is 19.0 Å². The first kappa shape index (κ1) is 21.9. The number of carbonyl (C=O) groups excluding carboxylic acids is 1. The van der Waals surface area contributed by atoms with Crippen molar-refractivity contribution in [3.8, 4) is 16.9 Å². The predicted octanol–water partition coefficient (Wildman–Crippen LogP) is 4.35. The minimum Gasteiger partial charge on any atom is -0.491 e. The van der Waals surface area contributed by atoms with Crippen LogP contribution < -0.4 is 4.74 Å². The second-order valence-electron chi connectivity index (χ2n) is 7.35. The molecule has 2 rings (SSSR count). The lowest BCUT2D eigenvalue weighted by atomic mass is 9.97. The monoisotopic (exact) mass is 386 g/mol. The van der Waals surface area contributed by atoms with Crippen molar-refractivity contribution >= 4 is 5.97 Å². The number of benzene rings is 2. The molecule has 0 saturated heterocycles. The van der Waals surface area contributed by atoms with Crippen molar-refractivity contribution < 1.29 is 23.7 Å². The van der Waals surface area contributed by atoms with Crippen LogP contribution in [0.3, 0.4) is 0 Å². The molecule has 2 aromatic carbocycles. The number of rotatable bonds is 11. The van der Waals surface area contributed by atoms with Crippen LogP contribution in [-0.2, 0) is 19.0 Å². The van der Waals surface area contributed by atoms with Gasteiger partial charge in [-0.2, -0.15) is 0 Å². The fourth-order valence-corrected chi connectivity index (χ4v) is 2.35. The standard InChI is InChI=1S/C23H30O5/c1-23(2,3)22(24)28-17-15-26-13-12-25-14-16-27-21-11-7-10-20(18-21)19-8-5-4-6-9-19/h4-11,18H,12-17H2,1-3H3. The third-order valence-corrected chi connectivity index (χ3v) is 3.88. The van der Waals surface area contributed by atoms with Gasteiger partial charge in [-0.1, -0.05) is 42.5 Å². The Labute approximate surface area is 167 Å². The van der Waals surface area contributed by atoms with Gasteiger partial charge < -0.3 is 18.9 Å². The predicted molar refractivity (Wildman–Crippen MR) is 109 cm³/mol. The molecule has 0 fully saturated rings. The van der Waals surface area contributed by atoms with Gasteiger partial charge in [0, 0.05) is 0 Å². The summed E-state index contributed by atoms with van der Waals surface area (Å²) in [5.41, 5.74) is 1.80. The van der Waals surface area contributed by atoms with Crippen LogP contribution in [0.4, 0.5) is 0 Å². The highest BCUT2D eigenvalue weighted by atomic mass is 16.6. The summed E-state index contributed by atoms with van der Waals surface area (Å²) in [4.78, 5) is 11.6. The summed E-state index contributed by atoms with van der Waals surface area (Å²) in [5, 5.41) is 0. The molecule has 0 N–H and O–H groups in total. The number of ether oxygens (including phenoxy) is 4. The smallest absolute Gasteiger partial charge is 0.311 e. The van der Waals surface area contributed by atoms with Crippen LogP contribution in [0.25, 0.3) is 11.1 Å². The van der Waals surface area contributed by atoms with E-state index < -0.39 is 5.41 Å². The summed E-state index contributed by atoms with van der Waals surface area (Å²) in [7, 11) is 0. The zero-order chi connectivity index (χ0) is 20.2. The van der Waals surface area contributed by atoms with Gasteiger partial charge in [-0.3, -0.25) is 4.79 Å². The quantitative estimate of drug-likeness (QED) is 0.424. The van der Waals surface area contributed by atoms with Gasteiger partial charge in [-0.25, -0.2) is 0 Å². The van der Waals surface area contributed by atoms with E-state index in [9.17, 15) is 4.79 Å². The Bertz CT molecular complexity index is 706. The summed E-state index contributed by atoms with van der Waals surface area (Å²) >= 11 is 0. The van der Waals surface area contributed by atoms with Gasteiger partial charge in [0.25, 0.3) is 0 Å². The maximum absolute atomic E-state index is 11.6. The summed E-state index contributed by atoms with van der Waals surface area (Å²) in [5.74, 6) is 0.600. The Kier molecular flexibility index (Phi) is 8.98. The molecule has 5 nitrogen and oxygen atoms in total. The minimum absolute atomic E-state index is 0.221. The molecule has 0 aliphatic rings. The van der Waals surface area contributed by atoms with E-state index in [1.54, 1.807) is 0 Å². The zero-order valence-electron chi connectivity index (χ0n) is 17.0. The van der Waals surface area contributed by atoms with E-state index in [4.69, 9.17) is 18.9 Å². The normalized spacial score (nSPS) is 11.2.